The second-order valence-corrected chi connectivity index (χ2v) is 6.46. The van der Waals surface area contributed by atoms with Gasteiger partial charge in [-0.1, -0.05) is 17.7 Å². The van der Waals surface area contributed by atoms with Crippen molar-refractivity contribution in [1.29, 1.82) is 0 Å². The molecule has 2 aromatic carbocycles. The Bertz CT molecular complexity index is 842. The molecular weight excluding hydrogens is 394 g/mol. The minimum Gasteiger partial charge on any atom is -0.348 e. The number of hydrogen-bond donors (Lipinski definition) is 0. The van der Waals surface area contributed by atoms with Crippen molar-refractivity contribution in [2.75, 3.05) is 23.0 Å². The summed E-state index contributed by atoms with van der Waals surface area (Å²) >= 11 is 6.12. The Hall–Kier alpha value is -2.35. The van der Waals surface area contributed by atoms with Crippen LogP contribution in [0.3, 0.4) is 0 Å². The summed E-state index contributed by atoms with van der Waals surface area (Å²) in [6.45, 7) is 0.336. The molecule has 0 saturated carbocycles. The van der Waals surface area contributed by atoms with Crippen LogP contribution in [0.2, 0.25) is 0 Å². The minimum absolute atomic E-state index is 0.142. The summed E-state index contributed by atoms with van der Waals surface area (Å²) in [5, 5.41) is 0.346. The van der Waals surface area contributed by atoms with E-state index in [-0.39, 0.29) is 13.2 Å². The molecule has 1 heterocycles. The van der Waals surface area contributed by atoms with E-state index < -0.39 is 23.5 Å². The molecule has 0 saturated heterocycles. The maximum atomic E-state index is 12.9. The Labute approximate surface area is 156 Å². The fourth-order valence-electron chi connectivity index (χ4n) is 2.72. The largest absolute Gasteiger partial charge is 0.416 e. The highest BCUT2D eigenvalue weighted by Crippen LogP contribution is 2.34. The van der Waals surface area contributed by atoms with Gasteiger partial charge in [-0.15, -0.1) is 0 Å². The van der Waals surface area contributed by atoms with E-state index in [4.69, 9.17) is 11.6 Å². The van der Waals surface area contributed by atoms with Crippen molar-refractivity contribution >= 4 is 23.0 Å². The zero-order chi connectivity index (χ0) is 19.8. The molecule has 3 rings (SSSR count). The standard InChI is InChI=1S/C18H13ClF6N2/c19-14-9-26(15-6-4-12(5-7-15)17(20,21)22)11-27(10-14)16-3-1-2-13(8-16)18(23,24)25/h1-9H,10-11H2. The summed E-state index contributed by atoms with van der Waals surface area (Å²) in [5.41, 5.74) is -0.814. The zero-order valence-electron chi connectivity index (χ0n) is 13.7. The summed E-state index contributed by atoms with van der Waals surface area (Å²) < 4.78 is 76.9. The molecule has 0 N–H and O–H groups in total. The third-order valence-electron chi connectivity index (χ3n) is 4.03. The van der Waals surface area contributed by atoms with Crippen molar-refractivity contribution in [3.05, 3.63) is 70.9 Å². The van der Waals surface area contributed by atoms with Gasteiger partial charge in [-0.25, -0.2) is 0 Å². The molecule has 0 bridgehead atoms. The lowest BCUT2D eigenvalue weighted by Gasteiger charge is -2.36. The molecule has 9 heteroatoms. The number of nitrogens with zero attached hydrogens (tertiary/aromatic N) is 2. The highest BCUT2D eigenvalue weighted by molar-refractivity contribution is 6.30. The highest BCUT2D eigenvalue weighted by Gasteiger charge is 2.32. The molecule has 0 unspecified atom stereocenters. The van der Waals surface area contributed by atoms with Gasteiger partial charge in [-0.05, 0) is 42.5 Å². The normalized spacial score (nSPS) is 15.7. The molecular formula is C18H13ClF6N2. The van der Waals surface area contributed by atoms with E-state index in [1.165, 1.54) is 24.3 Å². The topological polar surface area (TPSA) is 6.48 Å². The number of anilines is 2. The molecule has 2 aromatic rings. The molecule has 27 heavy (non-hydrogen) atoms. The quantitative estimate of drug-likeness (QED) is 0.557. The maximum Gasteiger partial charge on any atom is 0.416 e. The molecule has 2 nitrogen and oxygen atoms in total. The monoisotopic (exact) mass is 406 g/mol. The molecule has 0 spiro atoms. The predicted molar refractivity (Wildman–Crippen MR) is 91.5 cm³/mol. The number of halogens is 7. The lowest BCUT2D eigenvalue weighted by Crippen LogP contribution is -2.40. The third-order valence-corrected chi connectivity index (χ3v) is 4.24. The molecule has 0 aromatic heterocycles. The average molecular weight is 407 g/mol. The highest BCUT2D eigenvalue weighted by atomic mass is 35.5. The number of benzene rings is 2. The first-order valence-electron chi connectivity index (χ1n) is 7.76. The second-order valence-electron chi connectivity index (χ2n) is 5.98. The number of rotatable bonds is 2. The van der Waals surface area contributed by atoms with Crippen LogP contribution in [0.1, 0.15) is 11.1 Å². The fourth-order valence-corrected chi connectivity index (χ4v) is 2.98. The van der Waals surface area contributed by atoms with Gasteiger partial charge < -0.3 is 9.80 Å². The lowest BCUT2D eigenvalue weighted by molar-refractivity contribution is -0.138. The van der Waals surface area contributed by atoms with Gasteiger partial charge in [0.25, 0.3) is 0 Å². The second kappa shape index (κ2) is 6.99. The van der Waals surface area contributed by atoms with Crippen molar-refractivity contribution < 1.29 is 26.3 Å². The molecule has 0 radical (unpaired) electrons. The number of hydrogen-bond acceptors (Lipinski definition) is 2. The Morgan fingerprint density at radius 1 is 0.778 bits per heavy atom. The zero-order valence-corrected chi connectivity index (χ0v) is 14.4. The van der Waals surface area contributed by atoms with Crippen LogP contribution in [-0.2, 0) is 12.4 Å². The Balaban J connectivity index is 1.85. The van der Waals surface area contributed by atoms with Crippen LogP contribution in [-0.4, -0.2) is 13.2 Å². The van der Waals surface area contributed by atoms with Crippen molar-refractivity contribution in [2.45, 2.75) is 12.4 Å². The van der Waals surface area contributed by atoms with Gasteiger partial charge in [-0.2, -0.15) is 26.3 Å². The van der Waals surface area contributed by atoms with Gasteiger partial charge in [0.15, 0.2) is 0 Å². The molecule has 144 valence electrons. The van der Waals surface area contributed by atoms with Crippen molar-refractivity contribution in [1.82, 2.24) is 0 Å². The van der Waals surface area contributed by atoms with Crippen molar-refractivity contribution in [2.24, 2.45) is 0 Å². The van der Waals surface area contributed by atoms with Gasteiger partial charge in [0.1, 0.15) is 0 Å². The molecule has 0 fully saturated rings. The van der Waals surface area contributed by atoms with Crippen LogP contribution in [0, 0.1) is 0 Å². The summed E-state index contributed by atoms with van der Waals surface area (Å²) in [6, 6.07) is 9.28. The van der Waals surface area contributed by atoms with Crippen LogP contribution in [0.15, 0.2) is 59.8 Å². The Morgan fingerprint density at radius 2 is 1.41 bits per heavy atom. The van der Waals surface area contributed by atoms with E-state index >= 15 is 0 Å². The minimum atomic E-state index is -4.47. The molecule has 0 amide bonds. The van der Waals surface area contributed by atoms with E-state index in [0.717, 1.165) is 24.3 Å². The van der Waals surface area contributed by atoms with E-state index in [0.29, 0.717) is 16.4 Å². The Kier molecular flexibility index (Phi) is 5.03. The first-order chi connectivity index (χ1) is 12.5. The number of alkyl halides is 6. The third kappa shape index (κ3) is 4.50. The van der Waals surface area contributed by atoms with Crippen molar-refractivity contribution in [3.8, 4) is 0 Å². The van der Waals surface area contributed by atoms with E-state index in [1.807, 2.05) is 0 Å². The van der Waals surface area contributed by atoms with E-state index in [9.17, 15) is 26.3 Å². The predicted octanol–water partition coefficient (Wildman–Crippen LogP) is 6.09. The van der Waals surface area contributed by atoms with Gasteiger partial charge >= 0.3 is 12.4 Å². The van der Waals surface area contributed by atoms with Crippen LogP contribution in [0.25, 0.3) is 0 Å². The molecule has 1 aliphatic heterocycles. The first kappa shape index (κ1) is 19.4. The Morgan fingerprint density at radius 3 is 2.00 bits per heavy atom. The van der Waals surface area contributed by atoms with Crippen LogP contribution in [0.4, 0.5) is 37.7 Å². The van der Waals surface area contributed by atoms with Gasteiger partial charge in [0, 0.05) is 17.6 Å². The SMILES string of the molecule is FC(F)(F)c1ccc(N2C=C(Cl)CN(c3cccc(C(F)(F)F)c3)C2)cc1. The average Bonchev–Trinajstić information content (AvgIpc) is 2.60. The smallest absolute Gasteiger partial charge is 0.348 e. The van der Waals surface area contributed by atoms with Gasteiger partial charge in [-0.3, -0.25) is 0 Å². The summed E-state index contributed by atoms with van der Waals surface area (Å²) in [6.07, 6.45) is -7.37. The van der Waals surface area contributed by atoms with Crippen LogP contribution >= 0.6 is 11.6 Å². The fraction of sp³-hybridized carbons (Fsp3) is 0.222. The molecule has 0 aliphatic carbocycles. The molecule has 0 atom stereocenters. The lowest BCUT2D eigenvalue weighted by atomic mass is 10.1. The summed E-state index contributed by atoms with van der Waals surface area (Å²) in [4.78, 5) is 3.18. The summed E-state index contributed by atoms with van der Waals surface area (Å²) in [5.74, 6) is 0. The van der Waals surface area contributed by atoms with Gasteiger partial charge in [0.05, 0.1) is 29.4 Å². The summed E-state index contributed by atoms with van der Waals surface area (Å²) in [7, 11) is 0. The molecule has 1 aliphatic rings. The van der Waals surface area contributed by atoms with Crippen molar-refractivity contribution in [3.63, 3.8) is 0 Å². The van der Waals surface area contributed by atoms with E-state index in [1.54, 1.807) is 16.0 Å². The van der Waals surface area contributed by atoms with Crippen LogP contribution < -0.4 is 9.80 Å². The maximum absolute atomic E-state index is 12.9. The van der Waals surface area contributed by atoms with Crippen LogP contribution in [0.5, 0.6) is 0 Å². The first-order valence-corrected chi connectivity index (χ1v) is 8.14. The van der Waals surface area contributed by atoms with E-state index in [2.05, 4.69) is 0 Å². The van der Waals surface area contributed by atoms with Gasteiger partial charge in [0.2, 0.25) is 0 Å².